The number of benzene rings is 4. The monoisotopic (exact) mass is 552 g/mol. The molecule has 0 aliphatic rings. The summed E-state index contributed by atoms with van der Waals surface area (Å²) in [6.07, 6.45) is 0. The van der Waals surface area contributed by atoms with Gasteiger partial charge in [0.2, 0.25) is 5.91 Å². The molecular formula is C31H28N4O4S. The molecule has 1 aromatic heterocycles. The molecule has 8 nitrogen and oxygen atoms in total. The van der Waals surface area contributed by atoms with Crippen molar-refractivity contribution >= 4 is 23.4 Å². The quantitative estimate of drug-likeness (QED) is 0.194. The first kappa shape index (κ1) is 26.8. The number of methoxy groups -OCH3 is 2. The SMILES string of the molecule is COc1ccc(-n2c(SCC(=O)Nc3ccc(OCc4ccccc4)cc3)nnc2-c2cccc(OC)c2)cc1. The van der Waals surface area contributed by atoms with Crippen molar-refractivity contribution in [3.8, 4) is 34.3 Å². The lowest BCUT2D eigenvalue weighted by Crippen LogP contribution is -2.14. The van der Waals surface area contributed by atoms with Crippen LogP contribution in [0, 0.1) is 0 Å². The largest absolute Gasteiger partial charge is 0.497 e. The Morgan fingerprint density at radius 2 is 1.52 bits per heavy atom. The van der Waals surface area contributed by atoms with Crippen molar-refractivity contribution in [2.45, 2.75) is 11.8 Å². The number of amides is 1. The van der Waals surface area contributed by atoms with Crippen LogP contribution in [0.2, 0.25) is 0 Å². The van der Waals surface area contributed by atoms with E-state index in [-0.39, 0.29) is 11.7 Å². The third-order valence-corrected chi connectivity index (χ3v) is 6.94. The molecule has 0 saturated carbocycles. The Morgan fingerprint density at radius 3 is 2.25 bits per heavy atom. The molecule has 5 aromatic rings. The maximum absolute atomic E-state index is 12.8. The van der Waals surface area contributed by atoms with E-state index in [1.807, 2.05) is 108 Å². The van der Waals surface area contributed by atoms with Gasteiger partial charge in [0.25, 0.3) is 0 Å². The van der Waals surface area contributed by atoms with E-state index < -0.39 is 0 Å². The van der Waals surface area contributed by atoms with Gasteiger partial charge >= 0.3 is 0 Å². The molecule has 0 fully saturated rings. The maximum Gasteiger partial charge on any atom is 0.234 e. The zero-order chi connectivity index (χ0) is 27.7. The van der Waals surface area contributed by atoms with E-state index in [1.165, 1.54) is 11.8 Å². The number of hydrogen-bond acceptors (Lipinski definition) is 7. The fraction of sp³-hybridized carbons (Fsp3) is 0.129. The average Bonchev–Trinajstić information content (AvgIpc) is 3.44. The molecule has 0 bridgehead atoms. The fourth-order valence-electron chi connectivity index (χ4n) is 3.98. The zero-order valence-electron chi connectivity index (χ0n) is 22.1. The second-order valence-corrected chi connectivity index (χ2v) is 9.65. The molecule has 1 N–H and O–H groups in total. The van der Waals surface area contributed by atoms with Crippen LogP contribution in [0.1, 0.15) is 5.56 Å². The molecule has 0 atom stereocenters. The van der Waals surface area contributed by atoms with E-state index >= 15 is 0 Å². The smallest absolute Gasteiger partial charge is 0.234 e. The van der Waals surface area contributed by atoms with Crippen molar-refractivity contribution in [3.63, 3.8) is 0 Å². The van der Waals surface area contributed by atoms with E-state index in [4.69, 9.17) is 14.2 Å². The van der Waals surface area contributed by atoms with Gasteiger partial charge in [-0.1, -0.05) is 54.2 Å². The third kappa shape index (κ3) is 6.62. The van der Waals surface area contributed by atoms with E-state index in [0.717, 1.165) is 28.3 Å². The van der Waals surface area contributed by atoms with Crippen LogP contribution in [0.5, 0.6) is 17.2 Å². The van der Waals surface area contributed by atoms with Crippen molar-refractivity contribution in [2.24, 2.45) is 0 Å². The zero-order valence-corrected chi connectivity index (χ0v) is 22.9. The number of thioether (sulfide) groups is 1. The van der Waals surface area contributed by atoms with Crippen LogP contribution in [-0.4, -0.2) is 40.6 Å². The fourth-order valence-corrected chi connectivity index (χ4v) is 4.73. The van der Waals surface area contributed by atoms with Gasteiger partial charge in [0, 0.05) is 16.9 Å². The Morgan fingerprint density at radius 1 is 0.800 bits per heavy atom. The minimum Gasteiger partial charge on any atom is -0.497 e. The van der Waals surface area contributed by atoms with Gasteiger partial charge in [0.1, 0.15) is 23.9 Å². The predicted molar refractivity (Wildman–Crippen MR) is 156 cm³/mol. The highest BCUT2D eigenvalue weighted by Crippen LogP contribution is 2.30. The molecule has 0 saturated heterocycles. The summed E-state index contributed by atoms with van der Waals surface area (Å²) in [7, 11) is 3.25. The van der Waals surface area contributed by atoms with E-state index in [1.54, 1.807) is 14.2 Å². The number of ether oxygens (including phenoxy) is 3. The minimum absolute atomic E-state index is 0.151. The van der Waals surface area contributed by atoms with E-state index in [2.05, 4.69) is 15.5 Å². The van der Waals surface area contributed by atoms with Crippen molar-refractivity contribution < 1.29 is 19.0 Å². The summed E-state index contributed by atoms with van der Waals surface area (Å²) in [6.45, 7) is 0.482. The van der Waals surface area contributed by atoms with Crippen LogP contribution in [0.25, 0.3) is 17.1 Å². The van der Waals surface area contributed by atoms with Crippen molar-refractivity contribution in [1.29, 1.82) is 0 Å². The van der Waals surface area contributed by atoms with Gasteiger partial charge in [-0.3, -0.25) is 9.36 Å². The standard InChI is InChI=1S/C31H28N4O4S/c1-37-26-17-13-25(14-18-26)35-30(23-9-6-10-28(19-23)38-2)33-34-31(35)40-21-29(36)32-24-11-15-27(16-12-24)39-20-22-7-4-3-5-8-22/h3-19H,20-21H2,1-2H3,(H,32,36). The second-order valence-electron chi connectivity index (χ2n) is 8.71. The number of anilines is 1. The molecule has 202 valence electrons. The summed E-state index contributed by atoms with van der Waals surface area (Å²) in [4.78, 5) is 12.8. The van der Waals surface area contributed by atoms with Gasteiger partial charge in [-0.25, -0.2) is 0 Å². The first-order chi connectivity index (χ1) is 19.6. The minimum atomic E-state index is -0.157. The summed E-state index contributed by atoms with van der Waals surface area (Å²) >= 11 is 1.30. The Hall–Kier alpha value is -4.76. The van der Waals surface area contributed by atoms with Crippen LogP contribution in [0.15, 0.2) is 108 Å². The number of carbonyl (C=O) groups excluding carboxylic acids is 1. The maximum atomic E-state index is 12.8. The number of aromatic nitrogens is 3. The van der Waals surface area contributed by atoms with Crippen LogP contribution < -0.4 is 19.5 Å². The summed E-state index contributed by atoms with van der Waals surface area (Å²) in [5, 5.41) is 12.4. The first-order valence-corrected chi connectivity index (χ1v) is 13.5. The topological polar surface area (TPSA) is 87.5 Å². The molecule has 0 spiro atoms. The Bertz CT molecular complexity index is 1560. The van der Waals surface area contributed by atoms with Gasteiger partial charge in [-0.2, -0.15) is 0 Å². The molecule has 0 aliphatic carbocycles. The van der Waals surface area contributed by atoms with Gasteiger partial charge in [0.05, 0.1) is 20.0 Å². The lowest BCUT2D eigenvalue weighted by atomic mass is 10.2. The molecule has 0 aliphatic heterocycles. The van der Waals surface area contributed by atoms with Crippen LogP contribution in [-0.2, 0) is 11.4 Å². The number of nitrogens with one attached hydrogen (secondary N) is 1. The Labute approximate surface area is 236 Å². The predicted octanol–water partition coefficient (Wildman–Crippen LogP) is 6.26. The van der Waals surface area contributed by atoms with Gasteiger partial charge in [-0.05, 0) is 66.2 Å². The van der Waals surface area contributed by atoms with Crippen molar-refractivity contribution in [2.75, 3.05) is 25.3 Å². The molecule has 0 radical (unpaired) electrons. The molecular weight excluding hydrogens is 524 g/mol. The van der Waals surface area contributed by atoms with Gasteiger partial charge in [-0.15, -0.1) is 10.2 Å². The number of carbonyl (C=O) groups is 1. The number of nitrogens with zero attached hydrogens (tertiary/aromatic N) is 3. The Kier molecular flexibility index (Phi) is 8.63. The summed E-state index contributed by atoms with van der Waals surface area (Å²) in [5.74, 6) is 2.82. The molecule has 5 rings (SSSR count). The molecule has 40 heavy (non-hydrogen) atoms. The molecule has 9 heteroatoms. The summed E-state index contributed by atoms with van der Waals surface area (Å²) < 4.78 is 18.5. The number of hydrogen-bond donors (Lipinski definition) is 1. The Balaban J connectivity index is 1.27. The van der Waals surface area contributed by atoms with Crippen molar-refractivity contribution in [3.05, 3.63) is 109 Å². The van der Waals surface area contributed by atoms with Crippen LogP contribution in [0.3, 0.4) is 0 Å². The molecule has 1 amide bonds. The molecule has 4 aromatic carbocycles. The first-order valence-electron chi connectivity index (χ1n) is 12.6. The van der Waals surface area contributed by atoms with Crippen LogP contribution in [0.4, 0.5) is 5.69 Å². The highest BCUT2D eigenvalue weighted by Gasteiger charge is 2.18. The number of rotatable bonds is 11. The van der Waals surface area contributed by atoms with Gasteiger partial charge < -0.3 is 19.5 Å². The second kappa shape index (κ2) is 12.9. The molecule has 1 heterocycles. The van der Waals surface area contributed by atoms with E-state index in [9.17, 15) is 4.79 Å². The lowest BCUT2D eigenvalue weighted by molar-refractivity contribution is -0.113. The van der Waals surface area contributed by atoms with Crippen molar-refractivity contribution in [1.82, 2.24) is 14.8 Å². The highest BCUT2D eigenvalue weighted by atomic mass is 32.2. The van der Waals surface area contributed by atoms with Gasteiger partial charge in [0.15, 0.2) is 11.0 Å². The normalized spacial score (nSPS) is 10.7. The summed E-state index contributed by atoms with van der Waals surface area (Å²) in [6, 6.07) is 32.5. The molecule has 0 unspecified atom stereocenters. The van der Waals surface area contributed by atoms with Crippen LogP contribution >= 0.6 is 11.8 Å². The summed E-state index contributed by atoms with van der Waals surface area (Å²) in [5.41, 5.74) is 3.46. The average molecular weight is 553 g/mol. The highest BCUT2D eigenvalue weighted by molar-refractivity contribution is 7.99. The third-order valence-electron chi connectivity index (χ3n) is 6.01. The lowest BCUT2D eigenvalue weighted by Gasteiger charge is -2.12. The van der Waals surface area contributed by atoms with E-state index in [0.29, 0.717) is 29.0 Å².